The van der Waals surface area contributed by atoms with Gasteiger partial charge >= 0.3 is 0 Å². The van der Waals surface area contributed by atoms with E-state index < -0.39 is 10.0 Å². The van der Waals surface area contributed by atoms with Crippen molar-refractivity contribution in [3.8, 4) is 0 Å². The summed E-state index contributed by atoms with van der Waals surface area (Å²) >= 11 is 5.96. The lowest BCUT2D eigenvalue weighted by molar-refractivity contribution is 0.282. The van der Waals surface area contributed by atoms with Gasteiger partial charge in [0.05, 0.1) is 17.2 Å². The van der Waals surface area contributed by atoms with E-state index >= 15 is 0 Å². The van der Waals surface area contributed by atoms with Crippen molar-refractivity contribution in [3.05, 3.63) is 58.6 Å². The van der Waals surface area contributed by atoms with Crippen molar-refractivity contribution in [1.82, 2.24) is 0 Å². The van der Waals surface area contributed by atoms with E-state index in [-0.39, 0.29) is 16.5 Å². The predicted octanol–water partition coefficient (Wildman–Crippen LogP) is 2.97. The van der Waals surface area contributed by atoms with E-state index in [1.807, 2.05) is 19.1 Å². The fourth-order valence-electron chi connectivity index (χ4n) is 1.87. The Kier molecular flexibility index (Phi) is 4.56. The van der Waals surface area contributed by atoms with Gasteiger partial charge in [0.25, 0.3) is 10.0 Å². The third kappa shape index (κ3) is 3.20. The van der Waals surface area contributed by atoms with Gasteiger partial charge < -0.3 is 5.11 Å². The number of hydrogen-bond acceptors (Lipinski definition) is 3. The molecule has 0 atom stereocenters. The van der Waals surface area contributed by atoms with Crippen molar-refractivity contribution in [2.45, 2.75) is 18.4 Å². The number of rotatable bonds is 4. The lowest BCUT2D eigenvalue weighted by Crippen LogP contribution is -2.26. The molecule has 0 aliphatic heterocycles. The molecule has 1 N–H and O–H groups in total. The van der Waals surface area contributed by atoms with E-state index in [0.717, 1.165) is 5.56 Å². The predicted molar refractivity (Wildman–Crippen MR) is 84.1 cm³/mol. The molecular formula is C15H16ClNO3S. The standard InChI is InChI=1S/C15H16ClNO3S/c1-11-3-6-13(7-4-11)17(2)21(19,20)14-8-5-12(10-18)15(16)9-14/h3-9,18H,10H2,1-2H3. The second kappa shape index (κ2) is 6.05. The van der Waals surface area contributed by atoms with Gasteiger partial charge in [-0.2, -0.15) is 0 Å². The Hall–Kier alpha value is -1.56. The van der Waals surface area contributed by atoms with E-state index in [4.69, 9.17) is 16.7 Å². The Balaban J connectivity index is 2.41. The van der Waals surface area contributed by atoms with Gasteiger partial charge in [-0.05, 0) is 36.8 Å². The average molecular weight is 326 g/mol. The highest BCUT2D eigenvalue weighted by Crippen LogP contribution is 2.26. The second-order valence-corrected chi connectivity index (χ2v) is 7.10. The molecule has 0 saturated heterocycles. The lowest BCUT2D eigenvalue weighted by Gasteiger charge is -2.20. The molecule has 2 rings (SSSR count). The topological polar surface area (TPSA) is 57.6 Å². The van der Waals surface area contributed by atoms with Crippen LogP contribution in [-0.2, 0) is 16.6 Å². The van der Waals surface area contributed by atoms with Crippen molar-refractivity contribution >= 4 is 27.3 Å². The minimum Gasteiger partial charge on any atom is -0.392 e. The summed E-state index contributed by atoms with van der Waals surface area (Å²) in [7, 11) is -2.19. The SMILES string of the molecule is Cc1ccc(N(C)S(=O)(=O)c2ccc(CO)c(Cl)c2)cc1. The van der Waals surface area contributed by atoms with Gasteiger partial charge in [-0.3, -0.25) is 4.31 Å². The molecule has 0 saturated carbocycles. The molecule has 6 heteroatoms. The van der Waals surface area contributed by atoms with Crippen LogP contribution in [0.1, 0.15) is 11.1 Å². The third-order valence-electron chi connectivity index (χ3n) is 3.25. The smallest absolute Gasteiger partial charge is 0.264 e. The van der Waals surface area contributed by atoms with Crippen LogP contribution in [0.3, 0.4) is 0 Å². The molecule has 0 aromatic heterocycles. The zero-order chi connectivity index (χ0) is 15.6. The van der Waals surface area contributed by atoms with Crippen LogP contribution in [0, 0.1) is 6.92 Å². The van der Waals surface area contributed by atoms with Crippen LogP contribution < -0.4 is 4.31 Å². The first-order valence-corrected chi connectivity index (χ1v) is 8.13. The number of aryl methyl sites for hydroxylation is 1. The number of hydrogen-bond donors (Lipinski definition) is 1. The van der Waals surface area contributed by atoms with Crippen molar-refractivity contribution < 1.29 is 13.5 Å². The monoisotopic (exact) mass is 325 g/mol. The van der Waals surface area contributed by atoms with Gasteiger partial charge in [0.2, 0.25) is 0 Å². The molecule has 0 unspecified atom stereocenters. The number of sulfonamides is 1. The summed E-state index contributed by atoms with van der Waals surface area (Å²) in [6.45, 7) is 1.71. The maximum atomic E-state index is 12.6. The van der Waals surface area contributed by atoms with Gasteiger partial charge in [-0.1, -0.05) is 35.4 Å². The molecule has 0 fully saturated rings. The largest absolute Gasteiger partial charge is 0.392 e. The molecule has 4 nitrogen and oxygen atoms in total. The Morgan fingerprint density at radius 3 is 2.29 bits per heavy atom. The van der Waals surface area contributed by atoms with Crippen LogP contribution in [0.5, 0.6) is 0 Å². The summed E-state index contributed by atoms with van der Waals surface area (Å²) in [6.07, 6.45) is 0. The Morgan fingerprint density at radius 2 is 1.76 bits per heavy atom. The fourth-order valence-corrected chi connectivity index (χ4v) is 3.40. The molecular weight excluding hydrogens is 310 g/mol. The van der Waals surface area contributed by atoms with Crippen molar-refractivity contribution in [3.63, 3.8) is 0 Å². The molecule has 0 bridgehead atoms. The number of nitrogens with zero attached hydrogens (tertiary/aromatic N) is 1. The van der Waals surface area contributed by atoms with Crippen LogP contribution in [0.15, 0.2) is 47.4 Å². The minimum absolute atomic E-state index is 0.0905. The highest BCUT2D eigenvalue weighted by molar-refractivity contribution is 7.92. The lowest BCUT2D eigenvalue weighted by atomic mass is 10.2. The van der Waals surface area contributed by atoms with Crippen LogP contribution >= 0.6 is 11.6 Å². The summed E-state index contributed by atoms with van der Waals surface area (Å²) in [5, 5.41) is 9.31. The number of aliphatic hydroxyl groups is 1. The summed E-state index contributed by atoms with van der Waals surface area (Å²) in [4.78, 5) is 0.0905. The number of benzene rings is 2. The van der Waals surface area contributed by atoms with Crippen molar-refractivity contribution in [2.75, 3.05) is 11.4 Å². The number of aliphatic hydroxyl groups excluding tert-OH is 1. The van der Waals surface area contributed by atoms with Crippen LogP contribution in [-0.4, -0.2) is 20.6 Å². The Morgan fingerprint density at radius 1 is 1.14 bits per heavy atom. The number of anilines is 1. The van der Waals surface area contributed by atoms with E-state index in [1.54, 1.807) is 12.1 Å². The highest BCUT2D eigenvalue weighted by atomic mass is 35.5. The minimum atomic E-state index is -3.69. The summed E-state index contributed by atoms with van der Waals surface area (Å²) in [6, 6.07) is 11.5. The van der Waals surface area contributed by atoms with E-state index in [0.29, 0.717) is 11.3 Å². The molecule has 112 valence electrons. The highest BCUT2D eigenvalue weighted by Gasteiger charge is 2.22. The molecule has 0 spiro atoms. The average Bonchev–Trinajstić information content (AvgIpc) is 2.47. The fraction of sp³-hybridized carbons (Fsp3) is 0.200. The summed E-state index contributed by atoms with van der Waals surface area (Å²) in [5.74, 6) is 0. The van der Waals surface area contributed by atoms with Gasteiger partial charge in [0, 0.05) is 12.1 Å². The molecule has 0 radical (unpaired) electrons. The normalized spacial score (nSPS) is 11.4. The van der Waals surface area contributed by atoms with E-state index in [2.05, 4.69) is 0 Å². The Labute approximate surface area is 129 Å². The molecule has 0 heterocycles. The molecule has 0 amide bonds. The zero-order valence-corrected chi connectivity index (χ0v) is 13.3. The maximum absolute atomic E-state index is 12.6. The summed E-state index contributed by atoms with van der Waals surface area (Å²) in [5.41, 5.74) is 2.12. The van der Waals surface area contributed by atoms with E-state index in [1.165, 1.54) is 29.6 Å². The van der Waals surface area contributed by atoms with Crippen LogP contribution in [0.2, 0.25) is 5.02 Å². The van der Waals surface area contributed by atoms with Gasteiger partial charge in [0.15, 0.2) is 0 Å². The molecule has 2 aromatic carbocycles. The summed E-state index contributed by atoms with van der Waals surface area (Å²) < 4.78 is 26.4. The van der Waals surface area contributed by atoms with Gasteiger partial charge in [-0.25, -0.2) is 8.42 Å². The first-order chi connectivity index (χ1) is 9.86. The quantitative estimate of drug-likeness (QED) is 0.940. The van der Waals surface area contributed by atoms with Crippen LogP contribution in [0.25, 0.3) is 0 Å². The first kappa shape index (κ1) is 15.8. The molecule has 0 aliphatic carbocycles. The van der Waals surface area contributed by atoms with Gasteiger partial charge in [0.1, 0.15) is 0 Å². The van der Waals surface area contributed by atoms with E-state index in [9.17, 15) is 8.42 Å². The molecule has 0 aliphatic rings. The third-order valence-corrected chi connectivity index (χ3v) is 5.38. The van der Waals surface area contributed by atoms with Crippen molar-refractivity contribution in [1.29, 1.82) is 0 Å². The molecule has 2 aromatic rings. The first-order valence-electron chi connectivity index (χ1n) is 6.31. The second-order valence-electron chi connectivity index (χ2n) is 4.72. The van der Waals surface area contributed by atoms with Crippen molar-refractivity contribution in [2.24, 2.45) is 0 Å². The zero-order valence-electron chi connectivity index (χ0n) is 11.7. The van der Waals surface area contributed by atoms with Crippen LogP contribution in [0.4, 0.5) is 5.69 Å². The molecule has 21 heavy (non-hydrogen) atoms. The Bertz CT molecular complexity index is 742. The number of halogens is 1. The maximum Gasteiger partial charge on any atom is 0.264 e. The van der Waals surface area contributed by atoms with Gasteiger partial charge in [-0.15, -0.1) is 0 Å².